The lowest BCUT2D eigenvalue weighted by molar-refractivity contribution is -0.121. The Morgan fingerprint density at radius 2 is 1.79 bits per heavy atom. The molecule has 34 heavy (non-hydrogen) atoms. The SMILES string of the molecule is Nc1ccc(CNC(=O)Cn2c(C3CC3)ccc(NS(=O)(=O)Cc3ccc(Cl)cc3)c2=O)cn1. The molecule has 0 saturated heterocycles. The first-order valence-electron chi connectivity index (χ1n) is 10.7. The average Bonchev–Trinajstić information content (AvgIpc) is 3.63. The van der Waals surface area contributed by atoms with Gasteiger partial charge in [0, 0.05) is 23.5 Å². The summed E-state index contributed by atoms with van der Waals surface area (Å²) >= 11 is 5.85. The lowest BCUT2D eigenvalue weighted by Crippen LogP contribution is -2.35. The second kappa shape index (κ2) is 9.86. The maximum absolute atomic E-state index is 13.2. The van der Waals surface area contributed by atoms with E-state index in [2.05, 4.69) is 15.0 Å². The van der Waals surface area contributed by atoms with Gasteiger partial charge in [0.1, 0.15) is 18.1 Å². The van der Waals surface area contributed by atoms with Crippen molar-refractivity contribution in [3.63, 3.8) is 0 Å². The molecule has 2 aromatic heterocycles. The van der Waals surface area contributed by atoms with E-state index in [1.807, 2.05) is 0 Å². The molecule has 3 aromatic rings. The van der Waals surface area contributed by atoms with Crippen LogP contribution in [0.3, 0.4) is 0 Å². The van der Waals surface area contributed by atoms with Crippen molar-refractivity contribution in [2.75, 3.05) is 10.5 Å². The van der Waals surface area contributed by atoms with Crippen LogP contribution in [0.25, 0.3) is 0 Å². The molecule has 1 saturated carbocycles. The van der Waals surface area contributed by atoms with Crippen LogP contribution in [0.1, 0.15) is 35.6 Å². The van der Waals surface area contributed by atoms with E-state index in [-0.39, 0.29) is 36.4 Å². The van der Waals surface area contributed by atoms with Crippen molar-refractivity contribution < 1.29 is 13.2 Å². The number of carbonyl (C=O) groups excluding carboxylic acids is 1. The predicted molar refractivity (Wildman–Crippen MR) is 131 cm³/mol. The molecule has 1 aromatic carbocycles. The van der Waals surface area contributed by atoms with Crippen LogP contribution < -0.4 is 21.3 Å². The zero-order chi connectivity index (χ0) is 24.3. The summed E-state index contributed by atoms with van der Waals surface area (Å²) in [5, 5.41) is 3.26. The number of carbonyl (C=O) groups is 1. The van der Waals surface area contributed by atoms with Crippen LogP contribution >= 0.6 is 11.6 Å². The number of nitrogens with zero attached hydrogens (tertiary/aromatic N) is 2. The van der Waals surface area contributed by atoms with Gasteiger partial charge in [-0.25, -0.2) is 13.4 Å². The Labute approximate surface area is 202 Å². The number of anilines is 2. The number of hydrogen-bond donors (Lipinski definition) is 3. The van der Waals surface area contributed by atoms with Crippen LogP contribution in [-0.2, 0) is 33.7 Å². The molecule has 2 heterocycles. The highest BCUT2D eigenvalue weighted by molar-refractivity contribution is 7.91. The van der Waals surface area contributed by atoms with Crippen molar-refractivity contribution in [3.05, 3.63) is 86.9 Å². The van der Waals surface area contributed by atoms with Gasteiger partial charge < -0.3 is 15.6 Å². The Morgan fingerprint density at radius 3 is 2.44 bits per heavy atom. The number of nitrogens with two attached hydrogens (primary N) is 1. The highest BCUT2D eigenvalue weighted by atomic mass is 35.5. The molecule has 11 heteroatoms. The third-order valence-corrected chi connectivity index (χ3v) is 6.87. The minimum atomic E-state index is -3.86. The maximum Gasteiger partial charge on any atom is 0.275 e. The van der Waals surface area contributed by atoms with E-state index < -0.39 is 15.6 Å². The second-order valence-electron chi connectivity index (χ2n) is 8.19. The highest BCUT2D eigenvalue weighted by Crippen LogP contribution is 2.39. The van der Waals surface area contributed by atoms with Gasteiger partial charge >= 0.3 is 0 Å². The number of halogens is 1. The molecule has 0 aliphatic heterocycles. The van der Waals surface area contributed by atoms with E-state index in [4.69, 9.17) is 17.3 Å². The number of nitrogens with one attached hydrogen (secondary N) is 2. The highest BCUT2D eigenvalue weighted by Gasteiger charge is 2.28. The number of amides is 1. The lowest BCUT2D eigenvalue weighted by Gasteiger charge is -2.15. The van der Waals surface area contributed by atoms with Gasteiger partial charge in [0.25, 0.3) is 5.56 Å². The van der Waals surface area contributed by atoms with Crippen molar-refractivity contribution in [3.8, 4) is 0 Å². The van der Waals surface area contributed by atoms with Gasteiger partial charge in [-0.2, -0.15) is 0 Å². The molecule has 0 unspecified atom stereocenters. The summed E-state index contributed by atoms with van der Waals surface area (Å²) in [6, 6.07) is 13.0. The monoisotopic (exact) mass is 501 g/mol. The molecule has 1 amide bonds. The number of pyridine rings is 2. The Kier molecular flexibility index (Phi) is 6.90. The third kappa shape index (κ3) is 6.15. The van der Waals surface area contributed by atoms with Gasteiger partial charge in [-0.3, -0.25) is 14.3 Å². The predicted octanol–water partition coefficient (Wildman–Crippen LogP) is 2.61. The topological polar surface area (TPSA) is 136 Å². The summed E-state index contributed by atoms with van der Waals surface area (Å²) in [7, 11) is -3.86. The van der Waals surface area contributed by atoms with Crippen molar-refractivity contribution in [1.82, 2.24) is 14.9 Å². The second-order valence-corrected chi connectivity index (χ2v) is 10.4. The van der Waals surface area contributed by atoms with Crippen LogP contribution in [0, 0.1) is 0 Å². The van der Waals surface area contributed by atoms with E-state index in [9.17, 15) is 18.0 Å². The number of aromatic nitrogens is 2. The largest absolute Gasteiger partial charge is 0.384 e. The number of benzene rings is 1. The van der Waals surface area contributed by atoms with Gasteiger partial charge in [-0.15, -0.1) is 0 Å². The van der Waals surface area contributed by atoms with E-state index in [0.29, 0.717) is 16.4 Å². The summed E-state index contributed by atoms with van der Waals surface area (Å²) in [5.41, 5.74) is 6.92. The molecule has 178 valence electrons. The van der Waals surface area contributed by atoms with Gasteiger partial charge in [0.15, 0.2) is 0 Å². The van der Waals surface area contributed by atoms with Crippen LogP contribution in [0.2, 0.25) is 5.02 Å². The standard InChI is InChI=1S/C23H24ClN5O4S/c24-18-6-1-15(2-7-18)14-34(32,33)28-19-8-9-20(17-4-5-17)29(23(19)31)13-22(30)27-12-16-3-10-21(25)26-11-16/h1-3,6-11,17,28H,4-5,12-14H2,(H2,25,26)(H,27,30). The maximum atomic E-state index is 13.2. The Bertz CT molecular complexity index is 1350. The molecule has 0 spiro atoms. The van der Waals surface area contributed by atoms with E-state index in [0.717, 1.165) is 24.1 Å². The first-order valence-corrected chi connectivity index (χ1v) is 12.7. The fraction of sp³-hybridized carbons (Fsp3) is 0.261. The molecule has 1 fully saturated rings. The minimum Gasteiger partial charge on any atom is -0.384 e. The van der Waals surface area contributed by atoms with Crippen LogP contribution in [0.4, 0.5) is 11.5 Å². The molecule has 0 radical (unpaired) electrons. The van der Waals surface area contributed by atoms with Crippen molar-refractivity contribution in [2.24, 2.45) is 0 Å². The lowest BCUT2D eigenvalue weighted by atomic mass is 10.2. The number of hydrogen-bond acceptors (Lipinski definition) is 6. The summed E-state index contributed by atoms with van der Waals surface area (Å²) in [5.74, 6) is -0.126. The summed E-state index contributed by atoms with van der Waals surface area (Å²) in [6.07, 6.45) is 3.40. The van der Waals surface area contributed by atoms with Gasteiger partial charge in [-0.05, 0) is 60.2 Å². The number of rotatable bonds is 9. The van der Waals surface area contributed by atoms with Gasteiger partial charge in [-0.1, -0.05) is 29.8 Å². The average molecular weight is 502 g/mol. The molecular weight excluding hydrogens is 478 g/mol. The molecule has 1 aliphatic rings. The molecule has 0 atom stereocenters. The van der Waals surface area contributed by atoms with Crippen molar-refractivity contribution in [2.45, 2.75) is 37.6 Å². The Hall–Kier alpha value is -3.37. The van der Waals surface area contributed by atoms with Crippen LogP contribution in [0.5, 0.6) is 0 Å². The summed E-state index contributed by atoms with van der Waals surface area (Å²) in [4.78, 5) is 29.7. The number of sulfonamides is 1. The van der Waals surface area contributed by atoms with E-state index in [1.165, 1.54) is 10.6 Å². The van der Waals surface area contributed by atoms with Crippen LogP contribution in [-0.4, -0.2) is 23.9 Å². The smallest absolute Gasteiger partial charge is 0.275 e. The molecular formula is C23H24ClN5O4S. The van der Waals surface area contributed by atoms with Gasteiger partial charge in [0.2, 0.25) is 15.9 Å². The molecule has 0 bridgehead atoms. The Balaban J connectivity index is 1.50. The zero-order valence-electron chi connectivity index (χ0n) is 18.2. The first kappa shape index (κ1) is 23.8. The van der Waals surface area contributed by atoms with Crippen molar-refractivity contribution in [1.29, 1.82) is 0 Å². The Morgan fingerprint density at radius 1 is 1.09 bits per heavy atom. The minimum absolute atomic E-state index is 0.103. The van der Waals surface area contributed by atoms with E-state index in [1.54, 1.807) is 48.7 Å². The van der Waals surface area contributed by atoms with Crippen LogP contribution in [0.15, 0.2) is 59.5 Å². The first-order chi connectivity index (χ1) is 16.2. The fourth-order valence-electron chi connectivity index (χ4n) is 3.51. The summed E-state index contributed by atoms with van der Waals surface area (Å²) < 4.78 is 29.0. The third-order valence-electron chi connectivity index (χ3n) is 5.38. The van der Waals surface area contributed by atoms with Crippen molar-refractivity contribution >= 4 is 39.0 Å². The zero-order valence-corrected chi connectivity index (χ0v) is 19.8. The molecule has 4 N–H and O–H groups in total. The van der Waals surface area contributed by atoms with Gasteiger partial charge in [0.05, 0.1) is 5.75 Å². The molecule has 4 rings (SSSR count). The quantitative estimate of drug-likeness (QED) is 0.412. The summed E-state index contributed by atoms with van der Waals surface area (Å²) in [6.45, 7) is 0.00680. The normalized spacial score (nSPS) is 13.4. The molecule has 9 nitrogen and oxygen atoms in total. The van der Waals surface area contributed by atoms with E-state index >= 15 is 0 Å². The number of nitrogen functional groups attached to an aromatic ring is 1. The fourth-order valence-corrected chi connectivity index (χ4v) is 4.83. The molecule has 1 aliphatic carbocycles.